The zero-order valence-electron chi connectivity index (χ0n) is 12.1. The Balaban J connectivity index is 2.23. The largest absolute Gasteiger partial charge is 0.399 e. The topological polar surface area (TPSA) is 86.2 Å². The Bertz CT molecular complexity index is 726. The van der Waals surface area contributed by atoms with E-state index in [0.29, 0.717) is 17.0 Å². The zero-order valence-corrected chi connectivity index (χ0v) is 12.9. The Hall–Kier alpha value is -2.14. The van der Waals surface area contributed by atoms with Gasteiger partial charge in [0.25, 0.3) is 0 Å². The minimum atomic E-state index is -1.15. The molecule has 0 aliphatic heterocycles. The first-order valence-electron chi connectivity index (χ1n) is 6.52. The van der Waals surface area contributed by atoms with Crippen LogP contribution in [0.5, 0.6) is 0 Å². The van der Waals surface area contributed by atoms with E-state index in [1.165, 1.54) is 0 Å². The summed E-state index contributed by atoms with van der Waals surface area (Å²) in [5, 5.41) is 0. The molecule has 4 N–H and O–H groups in total. The van der Waals surface area contributed by atoms with E-state index < -0.39 is 16.7 Å². The number of hydrogen-bond acceptors (Lipinski definition) is 3. The van der Waals surface area contributed by atoms with Crippen LogP contribution in [0.4, 0.5) is 5.69 Å². The first-order chi connectivity index (χ1) is 9.88. The number of nitrogens with two attached hydrogens (primary N) is 2. The van der Waals surface area contributed by atoms with Gasteiger partial charge in [-0.15, -0.1) is 0 Å². The summed E-state index contributed by atoms with van der Waals surface area (Å²) in [4.78, 5) is 11.9. The summed E-state index contributed by atoms with van der Waals surface area (Å²) in [5.74, 6) is -0.0613. The third kappa shape index (κ3) is 3.49. The Morgan fingerprint density at radius 2 is 1.81 bits per heavy atom. The lowest BCUT2D eigenvalue weighted by Gasteiger charge is -2.09. The Morgan fingerprint density at radius 1 is 1.10 bits per heavy atom. The third-order valence-corrected chi connectivity index (χ3v) is 4.77. The molecule has 0 radical (unpaired) electrons. The molecule has 0 bridgehead atoms. The van der Waals surface area contributed by atoms with Gasteiger partial charge < -0.3 is 11.5 Å². The number of primary amides is 1. The molecule has 0 heterocycles. The summed E-state index contributed by atoms with van der Waals surface area (Å²) in [5.41, 5.74) is 14.9. The molecule has 1 unspecified atom stereocenters. The standard InChI is InChI=1S/C16H18N2O2S/c1-10-7-12(16(18)19)3-4-13(10)9-21(20)14-5-6-15(17)11(2)8-14/h3-8H,9,17H2,1-2H3,(H2,18,19). The van der Waals surface area contributed by atoms with E-state index in [4.69, 9.17) is 11.5 Å². The SMILES string of the molecule is Cc1cc(S(=O)Cc2ccc(C(N)=O)cc2C)ccc1N. The summed E-state index contributed by atoms with van der Waals surface area (Å²) in [6, 6.07) is 10.6. The number of anilines is 1. The van der Waals surface area contributed by atoms with Crippen molar-refractivity contribution in [2.45, 2.75) is 24.5 Å². The summed E-state index contributed by atoms with van der Waals surface area (Å²) < 4.78 is 12.4. The molecular formula is C16H18N2O2S. The lowest BCUT2D eigenvalue weighted by atomic mass is 10.1. The number of amides is 1. The average molecular weight is 302 g/mol. The predicted octanol–water partition coefficient (Wildman–Crippen LogP) is 2.29. The molecule has 0 aliphatic rings. The number of rotatable bonds is 4. The Morgan fingerprint density at radius 3 is 2.38 bits per heavy atom. The highest BCUT2D eigenvalue weighted by molar-refractivity contribution is 7.84. The third-order valence-electron chi connectivity index (χ3n) is 3.42. The van der Waals surface area contributed by atoms with Gasteiger partial charge in [-0.1, -0.05) is 6.07 Å². The van der Waals surface area contributed by atoms with Crippen molar-refractivity contribution >= 4 is 22.4 Å². The van der Waals surface area contributed by atoms with Crippen LogP contribution in [-0.2, 0) is 16.6 Å². The van der Waals surface area contributed by atoms with E-state index in [1.807, 2.05) is 19.9 Å². The van der Waals surface area contributed by atoms with Crippen LogP contribution in [0.3, 0.4) is 0 Å². The first-order valence-corrected chi connectivity index (χ1v) is 7.84. The monoisotopic (exact) mass is 302 g/mol. The fraction of sp³-hybridized carbons (Fsp3) is 0.188. The van der Waals surface area contributed by atoms with E-state index in [1.54, 1.807) is 30.3 Å². The molecule has 2 aromatic carbocycles. The first kappa shape index (κ1) is 15.3. The Kier molecular flexibility index (Phi) is 4.43. The maximum absolute atomic E-state index is 12.4. The summed E-state index contributed by atoms with van der Waals surface area (Å²) in [6.45, 7) is 3.77. The van der Waals surface area contributed by atoms with Crippen LogP contribution >= 0.6 is 0 Å². The second-order valence-electron chi connectivity index (χ2n) is 5.01. The van der Waals surface area contributed by atoms with Gasteiger partial charge in [0.15, 0.2) is 0 Å². The van der Waals surface area contributed by atoms with Gasteiger partial charge in [0.2, 0.25) is 5.91 Å². The van der Waals surface area contributed by atoms with E-state index in [9.17, 15) is 9.00 Å². The van der Waals surface area contributed by atoms with E-state index in [0.717, 1.165) is 21.6 Å². The van der Waals surface area contributed by atoms with Crippen LogP contribution in [0.15, 0.2) is 41.3 Å². The second-order valence-corrected chi connectivity index (χ2v) is 6.46. The van der Waals surface area contributed by atoms with Crippen LogP contribution < -0.4 is 11.5 Å². The average Bonchev–Trinajstić information content (AvgIpc) is 2.43. The summed E-state index contributed by atoms with van der Waals surface area (Å²) >= 11 is 0. The number of carbonyl (C=O) groups excluding carboxylic acids is 1. The molecule has 0 aromatic heterocycles. The molecule has 0 fully saturated rings. The van der Waals surface area contributed by atoms with E-state index in [2.05, 4.69) is 0 Å². The zero-order chi connectivity index (χ0) is 15.6. The normalized spacial score (nSPS) is 12.1. The molecule has 2 rings (SSSR count). The Labute approximate surface area is 126 Å². The highest BCUT2D eigenvalue weighted by atomic mass is 32.2. The summed E-state index contributed by atoms with van der Waals surface area (Å²) in [7, 11) is -1.15. The molecule has 5 heteroatoms. The molecule has 1 amide bonds. The van der Waals surface area contributed by atoms with E-state index >= 15 is 0 Å². The van der Waals surface area contributed by atoms with Crippen molar-refractivity contribution in [2.75, 3.05) is 5.73 Å². The molecule has 0 saturated heterocycles. The van der Waals surface area contributed by atoms with Gasteiger partial charge >= 0.3 is 0 Å². The predicted molar refractivity (Wildman–Crippen MR) is 85.4 cm³/mol. The highest BCUT2D eigenvalue weighted by Crippen LogP contribution is 2.20. The minimum absolute atomic E-state index is 0.397. The van der Waals surface area contributed by atoms with E-state index in [-0.39, 0.29) is 0 Å². The van der Waals surface area contributed by atoms with Crippen LogP contribution in [-0.4, -0.2) is 10.1 Å². The molecule has 0 spiro atoms. The quantitative estimate of drug-likeness (QED) is 0.850. The fourth-order valence-electron chi connectivity index (χ4n) is 2.03. The van der Waals surface area contributed by atoms with Crippen LogP contribution in [0.2, 0.25) is 0 Å². The molecule has 4 nitrogen and oxygen atoms in total. The van der Waals surface area contributed by atoms with Gasteiger partial charge in [0.1, 0.15) is 0 Å². The van der Waals surface area contributed by atoms with Crippen molar-refractivity contribution in [2.24, 2.45) is 5.73 Å². The maximum Gasteiger partial charge on any atom is 0.248 e. The van der Waals surface area contributed by atoms with Gasteiger partial charge in [-0.3, -0.25) is 9.00 Å². The molecule has 0 saturated carbocycles. The lowest BCUT2D eigenvalue weighted by molar-refractivity contribution is 0.1000. The van der Waals surface area contributed by atoms with Gasteiger partial charge in [0.05, 0.1) is 16.6 Å². The maximum atomic E-state index is 12.4. The van der Waals surface area contributed by atoms with Crippen molar-refractivity contribution in [3.8, 4) is 0 Å². The molecular weight excluding hydrogens is 284 g/mol. The number of nitrogen functional groups attached to an aromatic ring is 1. The van der Waals surface area contributed by atoms with Crippen molar-refractivity contribution in [3.63, 3.8) is 0 Å². The number of carbonyl (C=O) groups is 1. The molecule has 1 atom stereocenters. The van der Waals surface area contributed by atoms with Crippen molar-refractivity contribution < 1.29 is 9.00 Å². The number of hydrogen-bond donors (Lipinski definition) is 2. The molecule has 0 aliphatic carbocycles. The van der Waals surface area contributed by atoms with Gasteiger partial charge in [-0.2, -0.15) is 0 Å². The van der Waals surface area contributed by atoms with Crippen LogP contribution in [0.1, 0.15) is 27.0 Å². The van der Waals surface area contributed by atoms with Gasteiger partial charge in [0, 0.05) is 16.1 Å². The summed E-state index contributed by atoms with van der Waals surface area (Å²) in [6.07, 6.45) is 0. The molecule has 2 aromatic rings. The fourth-order valence-corrected chi connectivity index (χ4v) is 3.33. The smallest absolute Gasteiger partial charge is 0.248 e. The van der Waals surface area contributed by atoms with Gasteiger partial charge in [-0.25, -0.2) is 0 Å². The molecule has 110 valence electrons. The highest BCUT2D eigenvalue weighted by Gasteiger charge is 2.10. The number of benzene rings is 2. The van der Waals surface area contributed by atoms with Crippen molar-refractivity contribution in [1.29, 1.82) is 0 Å². The minimum Gasteiger partial charge on any atom is -0.399 e. The van der Waals surface area contributed by atoms with Crippen LogP contribution in [0.25, 0.3) is 0 Å². The van der Waals surface area contributed by atoms with Crippen LogP contribution in [0, 0.1) is 13.8 Å². The van der Waals surface area contributed by atoms with Crippen molar-refractivity contribution in [1.82, 2.24) is 0 Å². The van der Waals surface area contributed by atoms with Crippen molar-refractivity contribution in [3.05, 3.63) is 58.7 Å². The second kappa shape index (κ2) is 6.10. The van der Waals surface area contributed by atoms with Gasteiger partial charge in [-0.05, 0) is 60.9 Å². The lowest BCUT2D eigenvalue weighted by Crippen LogP contribution is -2.11. The number of aryl methyl sites for hydroxylation is 2. The molecule has 21 heavy (non-hydrogen) atoms.